The van der Waals surface area contributed by atoms with Gasteiger partial charge in [-0.2, -0.15) is 0 Å². The molecule has 1 atom stereocenters. The van der Waals surface area contributed by atoms with Crippen LogP contribution in [0.15, 0.2) is 29.2 Å². The topological polar surface area (TPSA) is 64.3 Å². The van der Waals surface area contributed by atoms with Crippen LogP contribution in [0.4, 0.5) is 0 Å². The summed E-state index contributed by atoms with van der Waals surface area (Å²) in [6.45, 7) is 4.10. The number of rotatable bonds is 8. The summed E-state index contributed by atoms with van der Waals surface area (Å²) in [7, 11) is 1.65. The highest BCUT2D eigenvalue weighted by Gasteiger charge is 2.49. The maximum Gasteiger partial charge on any atom is 0.238 e. The molecule has 116 valence electrons. The number of carbonyl (C=O) groups excluding carboxylic acids is 1. The van der Waals surface area contributed by atoms with Gasteiger partial charge in [-0.15, -0.1) is 11.8 Å². The lowest BCUT2D eigenvalue weighted by molar-refractivity contribution is -0.124. The van der Waals surface area contributed by atoms with E-state index in [0.29, 0.717) is 11.7 Å². The van der Waals surface area contributed by atoms with Crippen molar-refractivity contribution in [1.29, 1.82) is 0 Å². The Bertz CT molecular complexity index is 503. The summed E-state index contributed by atoms with van der Waals surface area (Å²) in [6.07, 6.45) is 2.14. The molecule has 1 aliphatic carbocycles. The number of primary amides is 1. The number of nitrogens with two attached hydrogens (primary N) is 1. The molecule has 5 heteroatoms. The average molecular weight is 308 g/mol. The second-order valence-electron chi connectivity index (χ2n) is 5.88. The first-order chi connectivity index (χ1) is 9.98. The maximum absolute atomic E-state index is 12.1. The summed E-state index contributed by atoms with van der Waals surface area (Å²) >= 11 is 1.65. The number of ether oxygens (including phenoxy) is 1. The molecular weight excluding hydrogens is 284 g/mol. The SMILES string of the molecule is COc1cccc(SCC(NC(C)C)(C(N)=O)C2CC2)c1. The van der Waals surface area contributed by atoms with Crippen LogP contribution in [-0.2, 0) is 4.79 Å². The Labute approximate surface area is 130 Å². The van der Waals surface area contributed by atoms with Crippen molar-refractivity contribution < 1.29 is 9.53 Å². The van der Waals surface area contributed by atoms with Crippen molar-refractivity contribution in [2.75, 3.05) is 12.9 Å². The summed E-state index contributed by atoms with van der Waals surface area (Å²) in [6, 6.07) is 8.11. The number of amides is 1. The van der Waals surface area contributed by atoms with E-state index in [2.05, 4.69) is 19.2 Å². The molecule has 1 aromatic carbocycles. The first-order valence-corrected chi connectivity index (χ1v) is 8.31. The number of methoxy groups -OCH3 is 1. The van der Waals surface area contributed by atoms with E-state index >= 15 is 0 Å². The molecule has 0 bridgehead atoms. The molecule has 2 rings (SSSR count). The van der Waals surface area contributed by atoms with Crippen LogP contribution < -0.4 is 15.8 Å². The van der Waals surface area contributed by atoms with Crippen molar-refractivity contribution in [1.82, 2.24) is 5.32 Å². The van der Waals surface area contributed by atoms with Crippen molar-refractivity contribution in [2.45, 2.75) is 43.2 Å². The Hall–Kier alpha value is -1.20. The molecule has 0 saturated heterocycles. The fraction of sp³-hybridized carbons (Fsp3) is 0.562. The predicted molar refractivity (Wildman–Crippen MR) is 86.6 cm³/mol. The third-order valence-electron chi connectivity index (χ3n) is 3.77. The van der Waals surface area contributed by atoms with E-state index in [1.165, 1.54) is 0 Å². The summed E-state index contributed by atoms with van der Waals surface area (Å²) < 4.78 is 5.24. The number of thioether (sulfide) groups is 1. The molecule has 1 fully saturated rings. The van der Waals surface area contributed by atoms with Gasteiger partial charge in [0.25, 0.3) is 0 Å². The summed E-state index contributed by atoms with van der Waals surface area (Å²) in [5.74, 6) is 1.59. The average Bonchev–Trinajstić information content (AvgIpc) is 3.28. The van der Waals surface area contributed by atoms with Gasteiger partial charge in [-0.05, 0) is 50.8 Å². The lowest BCUT2D eigenvalue weighted by Gasteiger charge is -2.34. The van der Waals surface area contributed by atoms with Crippen molar-refractivity contribution >= 4 is 17.7 Å². The standard InChI is InChI=1S/C16H24N2O2S/c1-11(2)18-16(15(17)19,12-7-8-12)10-21-14-6-4-5-13(9-14)20-3/h4-6,9,11-12,18H,7-8,10H2,1-3H3,(H2,17,19). The van der Waals surface area contributed by atoms with Crippen LogP contribution in [0.1, 0.15) is 26.7 Å². The van der Waals surface area contributed by atoms with Gasteiger partial charge in [-0.1, -0.05) is 6.07 Å². The molecule has 0 radical (unpaired) electrons. The van der Waals surface area contributed by atoms with Crippen molar-refractivity contribution in [3.8, 4) is 5.75 Å². The molecule has 1 amide bonds. The summed E-state index contributed by atoms with van der Waals surface area (Å²) in [5, 5.41) is 3.43. The summed E-state index contributed by atoms with van der Waals surface area (Å²) in [5.41, 5.74) is 5.13. The second kappa shape index (κ2) is 6.71. The Morgan fingerprint density at radius 3 is 2.76 bits per heavy atom. The minimum absolute atomic E-state index is 0.226. The van der Waals surface area contributed by atoms with Crippen LogP contribution >= 0.6 is 11.8 Å². The fourth-order valence-corrected chi connectivity index (χ4v) is 3.83. The molecule has 0 spiro atoms. The van der Waals surface area contributed by atoms with Gasteiger partial charge in [0.1, 0.15) is 11.3 Å². The lowest BCUT2D eigenvalue weighted by Crippen LogP contribution is -2.61. The zero-order valence-electron chi connectivity index (χ0n) is 12.9. The first-order valence-electron chi connectivity index (χ1n) is 7.32. The molecule has 21 heavy (non-hydrogen) atoms. The fourth-order valence-electron chi connectivity index (χ4n) is 2.60. The van der Waals surface area contributed by atoms with Gasteiger partial charge >= 0.3 is 0 Å². The number of hydrogen-bond donors (Lipinski definition) is 2. The molecule has 3 N–H and O–H groups in total. The van der Waals surface area contributed by atoms with E-state index in [4.69, 9.17) is 10.5 Å². The van der Waals surface area contributed by atoms with Crippen LogP contribution in [-0.4, -0.2) is 30.4 Å². The minimum Gasteiger partial charge on any atom is -0.497 e. The molecule has 1 unspecified atom stereocenters. The Morgan fingerprint density at radius 2 is 2.24 bits per heavy atom. The zero-order chi connectivity index (χ0) is 15.5. The van der Waals surface area contributed by atoms with E-state index in [1.54, 1.807) is 18.9 Å². The van der Waals surface area contributed by atoms with Crippen molar-refractivity contribution in [2.24, 2.45) is 11.7 Å². The van der Waals surface area contributed by atoms with Crippen LogP contribution in [0.2, 0.25) is 0 Å². The van der Waals surface area contributed by atoms with Crippen LogP contribution in [0.3, 0.4) is 0 Å². The molecule has 0 aromatic heterocycles. The second-order valence-corrected chi connectivity index (χ2v) is 6.93. The smallest absolute Gasteiger partial charge is 0.238 e. The molecular formula is C16H24N2O2S. The van der Waals surface area contributed by atoms with Gasteiger partial charge < -0.3 is 15.8 Å². The Morgan fingerprint density at radius 1 is 1.52 bits per heavy atom. The minimum atomic E-state index is -0.609. The largest absolute Gasteiger partial charge is 0.497 e. The summed E-state index contributed by atoms with van der Waals surface area (Å²) in [4.78, 5) is 13.2. The van der Waals surface area contributed by atoms with Crippen molar-refractivity contribution in [3.63, 3.8) is 0 Å². The lowest BCUT2D eigenvalue weighted by atomic mass is 9.93. The highest BCUT2D eigenvalue weighted by molar-refractivity contribution is 7.99. The van der Waals surface area contributed by atoms with E-state index in [-0.39, 0.29) is 11.9 Å². The third kappa shape index (κ3) is 3.92. The van der Waals surface area contributed by atoms with E-state index in [1.807, 2.05) is 24.3 Å². The van der Waals surface area contributed by atoms with Crippen LogP contribution in [0, 0.1) is 5.92 Å². The van der Waals surface area contributed by atoms with Gasteiger partial charge in [0.05, 0.1) is 7.11 Å². The van der Waals surface area contributed by atoms with E-state index in [0.717, 1.165) is 23.5 Å². The number of hydrogen-bond acceptors (Lipinski definition) is 4. The highest BCUT2D eigenvalue weighted by Crippen LogP contribution is 2.42. The highest BCUT2D eigenvalue weighted by atomic mass is 32.2. The predicted octanol–water partition coefficient (Wildman–Crippen LogP) is 2.42. The number of benzene rings is 1. The number of carbonyl (C=O) groups is 1. The molecule has 0 heterocycles. The van der Waals surface area contributed by atoms with Crippen LogP contribution in [0.5, 0.6) is 5.75 Å². The van der Waals surface area contributed by atoms with E-state index in [9.17, 15) is 4.79 Å². The van der Waals surface area contributed by atoms with E-state index < -0.39 is 5.54 Å². The first kappa shape index (κ1) is 16.2. The van der Waals surface area contributed by atoms with Gasteiger partial charge in [0, 0.05) is 16.7 Å². The Balaban J connectivity index is 2.13. The third-order valence-corrected chi connectivity index (χ3v) is 4.95. The van der Waals surface area contributed by atoms with Crippen molar-refractivity contribution in [3.05, 3.63) is 24.3 Å². The molecule has 4 nitrogen and oxygen atoms in total. The molecule has 1 aromatic rings. The Kier molecular flexibility index (Phi) is 5.17. The quantitative estimate of drug-likeness (QED) is 0.724. The van der Waals surface area contributed by atoms with Gasteiger partial charge in [-0.25, -0.2) is 0 Å². The maximum atomic E-state index is 12.1. The van der Waals surface area contributed by atoms with Gasteiger partial charge in [-0.3, -0.25) is 4.79 Å². The monoisotopic (exact) mass is 308 g/mol. The van der Waals surface area contributed by atoms with Crippen LogP contribution in [0.25, 0.3) is 0 Å². The van der Waals surface area contributed by atoms with Gasteiger partial charge in [0.2, 0.25) is 5.91 Å². The molecule has 1 aliphatic rings. The molecule has 1 saturated carbocycles. The normalized spacial score (nSPS) is 17.5. The molecule has 0 aliphatic heterocycles. The zero-order valence-corrected chi connectivity index (χ0v) is 13.7. The number of nitrogens with one attached hydrogen (secondary N) is 1. The van der Waals surface area contributed by atoms with Gasteiger partial charge in [0.15, 0.2) is 0 Å².